The van der Waals surface area contributed by atoms with E-state index in [1.807, 2.05) is 0 Å². The minimum absolute atomic E-state index is 0.121. The summed E-state index contributed by atoms with van der Waals surface area (Å²) in [6.07, 6.45) is -0.541. The molecule has 2 aromatic carbocycles. The van der Waals surface area contributed by atoms with Crippen molar-refractivity contribution in [3.8, 4) is 5.75 Å². The van der Waals surface area contributed by atoms with Crippen LogP contribution in [0.15, 0.2) is 53.4 Å². The molecule has 0 aromatic heterocycles. The molecule has 0 heterocycles. The van der Waals surface area contributed by atoms with Gasteiger partial charge in [-0.1, -0.05) is 29.3 Å². The molecule has 122 valence electrons. The van der Waals surface area contributed by atoms with Crippen molar-refractivity contribution < 1.29 is 9.53 Å². The smallest absolute Gasteiger partial charge is 0.260 e. The monoisotopic (exact) mass is 349 g/mol. The molecule has 1 N–H and O–H groups in total. The highest BCUT2D eigenvalue weighted by Crippen LogP contribution is 2.18. The number of hydrogen-bond acceptors (Lipinski definition) is 3. The van der Waals surface area contributed by atoms with Crippen LogP contribution < -0.4 is 10.1 Å². The Morgan fingerprint density at radius 3 is 2.48 bits per heavy atom. The maximum absolute atomic E-state index is 12.0. The number of rotatable bonds is 7. The summed E-state index contributed by atoms with van der Waals surface area (Å²) in [7, 11) is 0. The summed E-state index contributed by atoms with van der Waals surface area (Å²) in [6.45, 7) is 4.40. The van der Waals surface area contributed by atoms with Crippen LogP contribution >= 0.6 is 23.4 Å². The standard InChI is InChI=1S/C18H20ClNO2S/c1-13-3-9-17(10-4-13)23-12-11-20-18(21)14(2)22-16-7-5-15(19)6-8-16/h3-10,14H,11-12H2,1-2H3,(H,20,21)/t14-/m1/s1. The molecule has 0 radical (unpaired) electrons. The van der Waals surface area contributed by atoms with Crippen LogP contribution in [0.4, 0.5) is 0 Å². The Morgan fingerprint density at radius 1 is 1.17 bits per heavy atom. The van der Waals surface area contributed by atoms with E-state index in [4.69, 9.17) is 16.3 Å². The third kappa shape index (κ3) is 6.16. The molecular weight excluding hydrogens is 330 g/mol. The van der Waals surface area contributed by atoms with Crippen molar-refractivity contribution in [2.75, 3.05) is 12.3 Å². The lowest BCUT2D eigenvalue weighted by Crippen LogP contribution is -2.37. The number of carbonyl (C=O) groups excluding carboxylic acids is 1. The van der Waals surface area contributed by atoms with Crippen molar-refractivity contribution in [2.24, 2.45) is 0 Å². The SMILES string of the molecule is Cc1ccc(SCCNC(=O)[C@@H](C)Oc2ccc(Cl)cc2)cc1. The van der Waals surface area contributed by atoms with Crippen LogP contribution in [0.2, 0.25) is 5.02 Å². The fourth-order valence-electron chi connectivity index (χ4n) is 1.89. The predicted molar refractivity (Wildman–Crippen MR) is 96.5 cm³/mol. The number of halogens is 1. The largest absolute Gasteiger partial charge is 0.481 e. The Morgan fingerprint density at radius 2 is 1.83 bits per heavy atom. The first kappa shape index (κ1) is 17.7. The lowest BCUT2D eigenvalue weighted by atomic mass is 10.2. The topological polar surface area (TPSA) is 38.3 Å². The molecule has 2 rings (SSSR count). The first-order valence-corrected chi connectivity index (χ1v) is 8.80. The molecule has 0 aliphatic rings. The van der Waals surface area contributed by atoms with Gasteiger partial charge in [0.05, 0.1) is 0 Å². The number of carbonyl (C=O) groups is 1. The van der Waals surface area contributed by atoms with Crippen LogP contribution in [-0.4, -0.2) is 24.3 Å². The number of aryl methyl sites for hydroxylation is 1. The zero-order valence-electron chi connectivity index (χ0n) is 13.2. The fourth-order valence-corrected chi connectivity index (χ4v) is 2.79. The van der Waals surface area contributed by atoms with Crippen LogP contribution in [0, 0.1) is 6.92 Å². The average molecular weight is 350 g/mol. The van der Waals surface area contributed by atoms with E-state index >= 15 is 0 Å². The minimum Gasteiger partial charge on any atom is -0.481 e. The van der Waals surface area contributed by atoms with E-state index in [-0.39, 0.29) is 5.91 Å². The Balaban J connectivity index is 1.69. The average Bonchev–Trinajstić information content (AvgIpc) is 2.55. The maximum atomic E-state index is 12.0. The molecule has 1 atom stereocenters. The van der Waals surface area contributed by atoms with Gasteiger partial charge in [-0.05, 0) is 50.2 Å². The molecule has 5 heteroatoms. The Bertz CT molecular complexity index is 628. The van der Waals surface area contributed by atoms with Gasteiger partial charge in [0.25, 0.3) is 5.91 Å². The first-order valence-electron chi connectivity index (χ1n) is 7.44. The Hall–Kier alpha value is -1.65. The van der Waals surface area contributed by atoms with E-state index in [0.29, 0.717) is 17.3 Å². The molecule has 0 bridgehead atoms. The van der Waals surface area contributed by atoms with Gasteiger partial charge in [0, 0.05) is 22.2 Å². The lowest BCUT2D eigenvalue weighted by Gasteiger charge is -2.14. The quantitative estimate of drug-likeness (QED) is 0.597. The number of thioether (sulfide) groups is 1. The Kier molecular flexibility index (Phi) is 6.81. The van der Waals surface area contributed by atoms with Crippen LogP contribution in [0.5, 0.6) is 5.75 Å². The molecule has 2 aromatic rings. The van der Waals surface area contributed by atoms with Crippen LogP contribution in [-0.2, 0) is 4.79 Å². The van der Waals surface area contributed by atoms with E-state index in [1.54, 1.807) is 43.0 Å². The van der Waals surface area contributed by atoms with Crippen molar-refractivity contribution in [1.29, 1.82) is 0 Å². The van der Waals surface area contributed by atoms with Gasteiger partial charge >= 0.3 is 0 Å². The van der Waals surface area contributed by atoms with Crippen molar-refractivity contribution in [3.63, 3.8) is 0 Å². The van der Waals surface area contributed by atoms with Crippen LogP contribution in [0.1, 0.15) is 12.5 Å². The molecule has 0 unspecified atom stereocenters. The highest BCUT2D eigenvalue weighted by molar-refractivity contribution is 7.99. The number of nitrogens with one attached hydrogen (secondary N) is 1. The zero-order valence-corrected chi connectivity index (χ0v) is 14.8. The predicted octanol–water partition coefficient (Wildman–Crippen LogP) is 4.32. The van der Waals surface area contributed by atoms with Gasteiger partial charge in [-0.25, -0.2) is 0 Å². The summed E-state index contributed by atoms with van der Waals surface area (Å²) < 4.78 is 5.58. The Labute approximate surface area is 146 Å². The van der Waals surface area contributed by atoms with Crippen LogP contribution in [0.3, 0.4) is 0 Å². The molecular formula is C18H20ClNO2S. The number of hydrogen-bond donors (Lipinski definition) is 1. The van der Waals surface area contributed by atoms with Crippen molar-refractivity contribution in [1.82, 2.24) is 5.32 Å². The maximum Gasteiger partial charge on any atom is 0.260 e. The normalized spacial score (nSPS) is 11.8. The minimum atomic E-state index is -0.541. The molecule has 0 aliphatic heterocycles. The van der Waals surface area contributed by atoms with Gasteiger partial charge < -0.3 is 10.1 Å². The number of amides is 1. The molecule has 23 heavy (non-hydrogen) atoms. The van der Waals surface area contributed by atoms with E-state index in [1.165, 1.54) is 10.5 Å². The molecule has 0 aliphatic carbocycles. The van der Waals surface area contributed by atoms with E-state index < -0.39 is 6.10 Å². The van der Waals surface area contributed by atoms with Crippen molar-refractivity contribution >= 4 is 29.3 Å². The summed E-state index contributed by atoms with van der Waals surface area (Å²) in [4.78, 5) is 13.2. The fraction of sp³-hybridized carbons (Fsp3) is 0.278. The van der Waals surface area contributed by atoms with Crippen LogP contribution in [0.25, 0.3) is 0 Å². The number of ether oxygens (including phenoxy) is 1. The highest BCUT2D eigenvalue weighted by Gasteiger charge is 2.13. The van der Waals surface area contributed by atoms with Gasteiger partial charge in [-0.3, -0.25) is 4.79 Å². The highest BCUT2D eigenvalue weighted by atomic mass is 35.5. The van der Waals surface area contributed by atoms with E-state index in [0.717, 1.165) is 5.75 Å². The van der Waals surface area contributed by atoms with Gasteiger partial charge in [-0.2, -0.15) is 0 Å². The van der Waals surface area contributed by atoms with Gasteiger partial charge in [0.2, 0.25) is 0 Å². The van der Waals surface area contributed by atoms with Crippen molar-refractivity contribution in [2.45, 2.75) is 24.8 Å². The molecule has 0 spiro atoms. The summed E-state index contributed by atoms with van der Waals surface area (Å²) in [6, 6.07) is 15.3. The van der Waals surface area contributed by atoms with Gasteiger partial charge in [0.1, 0.15) is 5.75 Å². The molecule has 0 fully saturated rings. The third-order valence-electron chi connectivity index (χ3n) is 3.19. The summed E-state index contributed by atoms with van der Waals surface area (Å²) >= 11 is 7.54. The van der Waals surface area contributed by atoms with Gasteiger partial charge in [0.15, 0.2) is 6.10 Å². The second-order valence-corrected chi connectivity index (χ2v) is 6.77. The first-order chi connectivity index (χ1) is 11.0. The van der Waals surface area contributed by atoms with Gasteiger partial charge in [-0.15, -0.1) is 11.8 Å². The molecule has 3 nitrogen and oxygen atoms in total. The van der Waals surface area contributed by atoms with E-state index in [9.17, 15) is 4.79 Å². The summed E-state index contributed by atoms with van der Waals surface area (Å²) in [5.41, 5.74) is 1.25. The second kappa shape index (κ2) is 8.85. The third-order valence-corrected chi connectivity index (χ3v) is 4.45. The lowest BCUT2D eigenvalue weighted by molar-refractivity contribution is -0.127. The molecule has 1 amide bonds. The molecule has 0 saturated carbocycles. The number of benzene rings is 2. The summed E-state index contributed by atoms with van der Waals surface area (Å²) in [5, 5.41) is 3.53. The zero-order chi connectivity index (χ0) is 16.7. The molecule has 0 saturated heterocycles. The summed E-state index contributed by atoms with van der Waals surface area (Å²) in [5.74, 6) is 1.33. The second-order valence-electron chi connectivity index (χ2n) is 5.17. The van der Waals surface area contributed by atoms with E-state index in [2.05, 4.69) is 36.5 Å². The van der Waals surface area contributed by atoms with Crippen molar-refractivity contribution in [3.05, 3.63) is 59.1 Å².